The van der Waals surface area contributed by atoms with E-state index < -0.39 is 0 Å². The van der Waals surface area contributed by atoms with E-state index in [2.05, 4.69) is 28.6 Å². The highest BCUT2D eigenvalue weighted by molar-refractivity contribution is 9.10. The van der Waals surface area contributed by atoms with Crippen LogP contribution in [0.15, 0.2) is 23.1 Å². The van der Waals surface area contributed by atoms with Crippen LogP contribution in [0.3, 0.4) is 0 Å². The van der Waals surface area contributed by atoms with Gasteiger partial charge in [-0.2, -0.15) is 0 Å². The van der Waals surface area contributed by atoms with E-state index in [4.69, 9.17) is 5.11 Å². The standard InChI is InChI=1S/C10H11BrO2S/c1-6(11)9(13)8-4-2-3-7(5-12)10(8)14/h2-4,6,12,14H,5H2,1H3. The van der Waals surface area contributed by atoms with Crippen LogP contribution in [0.4, 0.5) is 0 Å². The number of halogens is 1. The minimum Gasteiger partial charge on any atom is -0.392 e. The topological polar surface area (TPSA) is 37.3 Å². The summed E-state index contributed by atoms with van der Waals surface area (Å²) in [6.07, 6.45) is 0. The lowest BCUT2D eigenvalue weighted by atomic mass is 10.1. The number of alkyl halides is 1. The molecule has 0 radical (unpaired) electrons. The molecule has 2 nitrogen and oxygen atoms in total. The van der Waals surface area contributed by atoms with Crippen molar-refractivity contribution in [1.29, 1.82) is 0 Å². The Balaban J connectivity index is 3.16. The van der Waals surface area contributed by atoms with Gasteiger partial charge in [0.15, 0.2) is 5.78 Å². The number of aliphatic hydroxyl groups excluding tert-OH is 1. The average Bonchev–Trinajstić information content (AvgIpc) is 2.17. The molecule has 0 aliphatic rings. The molecule has 0 spiro atoms. The van der Waals surface area contributed by atoms with Gasteiger partial charge >= 0.3 is 0 Å². The van der Waals surface area contributed by atoms with Gasteiger partial charge in [-0.3, -0.25) is 4.79 Å². The van der Waals surface area contributed by atoms with Crippen molar-refractivity contribution in [2.75, 3.05) is 0 Å². The summed E-state index contributed by atoms with van der Waals surface area (Å²) in [6, 6.07) is 5.20. The van der Waals surface area contributed by atoms with Crippen molar-refractivity contribution < 1.29 is 9.90 Å². The van der Waals surface area contributed by atoms with Gasteiger partial charge in [0.1, 0.15) is 0 Å². The summed E-state index contributed by atoms with van der Waals surface area (Å²) < 4.78 is 0. The molecule has 1 rings (SSSR count). The Morgan fingerprint density at radius 2 is 2.29 bits per heavy atom. The third-order valence-electron chi connectivity index (χ3n) is 1.92. The van der Waals surface area contributed by atoms with Crippen LogP contribution in [0.25, 0.3) is 0 Å². The van der Waals surface area contributed by atoms with E-state index in [1.807, 2.05) is 0 Å². The Hall–Kier alpha value is -0.320. The zero-order valence-corrected chi connectivity index (χ0v) is 10.2. The zero-order valence-electron chi connectivity index (χ0n) is 7.70. The Kier molecular flexibility index (Phi) is 4.16. The summed E-state index contributed by atoms with van der Waals surface area (Å²) in [6.45, 7) is 1.66. The van der Waals surface area contributed by atoms with Gasteiger partial charge in [0.05, 0.1) is 11.4 Å². The first kappa shape index (κ1) is 11.8. The molecule has 1 aromatic rings. The van der Waals surface area contributed by atoms with Gasteiger partial charge in [0.25, 0.3) is 0 Å². The maximum atomic E-state index is 11.7. The van der Waals surface area contributed by atoms with E-state index in [0.717, 1.165) is 0 Å². The van der Waals surface area contributed by atoms with Crippen LogP contribution in [0, 0.1) is 0 Å². The number of ketones is 1. The molecule has 76 valence electrons. The molecule has 1 aromatic carbocycles. The molecule has 0 aliphatic heterocycles. The fraction of sp³-hybridized carbons (Fsp3) is 0.300. The quantitative estimate of drug-likeness (QED) is 0.505. The SMILES string of the molecule is CC(Br)C(=O)c1cccc(CO)c1S. The molecular weight excluding hydrogens is 264 g/mol. The lowest BCUT2D eigenvalue weighted by Crippen LogP contribution is -2.11. The number of carbonyl (C=O) groups excluding carboxylic acids is 1. The Bertz CT molecular complexity index is 350. The largest absolute Gasteiger partial charge is 0.392 e. The maximum absolute atomic E-state index is 11.7. The van der Waals surface area contributed by atoms with Crippen molar-refractivity contribution in [3.05, 3.63) is 29.3 Å². The maximum Gasteiger partial charge on any atom is 0.177 e. The van der Waals surface area contributed by atoms with E-state index in [9.17, 15) is 4.79 Å². The number of carbonyl (C=O) groups is 1. The summed E-state index contributed by atoms with van der Waals surface area (Å²) in [4.78, 5) is 12.0. The molecule has 4 heteroatoms. The van der Waals surface area contributed by atoms with Crippen LogP contribution in [0.2, 0.25) is 0 Å². The number of aliphatic hydroxyl groups is 1. The van der Waals surface area contributed by atoms with Crippen LogP contribution in [-0.2, 0) is 6.61 Å². The first-order chi connectivity index (χ1) is 6.57. The zero-order chi connectivity index (χ0) is 10.7. The smallest absolute Gasteiger partial charge is 0.177 e. The number of thiol groups is 1. The Labute approximate surface area is 96.9 Å². The van der Waals surface area contributed by atoms with Gasteiger partial charge in [-0.05, 0) is 12.5 Å². The molecule has 0 heterocycles. The second-order valence-electron chi connectivity index (χ2n) is 2.95. The Morgan fingerprint density at radius 3 is 2.79 bits per heavy atom. The molecular formula is C10H11BrO2S. The van der Waals surface area contributed by atoms with Gasteiger partial charge in [-0.15, -0.1) is 12.6 Å². The van der Waals surface area contributed by atoms with Gasteiger partial charge in [0.2, 0.25) is 0 Å². The fourth-order valence-electron chi connectivity index (χ4n) is 1.13. The molecule has 1 atom stereocenters. The monoisotopic (exact) mass is 274 g/mol. The number of benzene rings is 1. The van der Waals surface area contributed by atoms with E-state index in [1.165, 1.54) is 0 Å². The van der Waals surface area contributed by atoms with Gasteiger partial charge in [-0.1, -0.05) is 34.1 Å². The lowest BCUT2D eigenvalue weighted by molar-refractivity contribution is 0.0993. The predicted octanol–water partition coefficient (Wildman–Crippen LogP) is 2.43. The molecule has 0 aliphatic carbocycles. The molecule has 0 saturated heterocycles. The normalized spacial score (nSPS) is 12.6. The third-order valence-corrected chi connectivity index (χ3v) is 2.86. The lowest BCUT2D eigenvalue weighted by Gasteiger charge is -2.08. The molecule has 1 unspecified atom stereocenters. The summed E-state index contributed by atoms with van der Waals surface area (Å²) in [7, 11) is 0. The van der Waals surface area contributed by atoms with Gasteiger partial charge < -0.3 is 5.11 Å². The third kappa shape index (κ3) is 2.38. The van der Waals surface area contributed by atoms with Crippen molar-refractivity contribution in [1.82, 2.24) is 0 Å². The highest BCUT2D eigenvalue weighted by Crippen LogP contribution is 2.22. The van der Waals surface area contributed by atoms with Crippen molar-refractivity contribution >= 4 is 34.3 Å². The number of hydrogen-bond acceptors (Lipinski definition) is 3. The first-order valence-electron chi connectivity index (χ1n) is 4.18. The molecule has 0 aromatic heterocycles. The van der Waals surface area contributed by atoms with Crippen LogP contribution in [0.5, 0.6) is 0 Å². The minimum atomic E-state index is -0.234. The molecule has 1 N–H and O–H groups in total. The first-order valence-corrected chi connectivity index (χ1v) is 5.54. The van der Waals surface area contributed by atoms with E-state index in [1.54, 1.807) is 25.1 Å². The Morgan fingerprint density at radius 1 is 1.64 bits per heavy atom. The predicted molar refractivity (Wildman–Crippen MR) is 62.3 cm³/mol. The summed E-state index contributed by atoms with van der Waals surface area (Å²) in [5, 5.41) is 8.99. The number of rotatable bonds is 3. The molecule has 0 fully saturated rings. The van der Waals surface area contributed by atoms with Crippen LogP contribution >= 0.6 is 28.6 Å². The van der Waals surface area contributed by atoms with E-state index in [0.29, 0.717) is 16.0 Å². The molecule has 0 saturated carbocycles. The van der Waals surface area contributed by atoms with Crippen molar-refractivity contribution in [3.63, 3.8) is 0 Å². The van der Waals surface area contributed by atoms with Crippen LogP contribution in [0.1, 0.15) is 22.8 Å². The van der Waals surface area contributed by atoms with Gasteiger partial charge in [0, 0.05) is 10.5 Å². The highest BCUT2D eigenvalue weighted by Gasteiger charge is 2.15. The van der Waals surface area contributed by atoms with E-state index >= 15 is 0 Å². The van der Waals surface area contributed by atoms with Crippen LogP contribution in [-0.4, -0.2) is 15.7 Å². The van der Waals surface area contributed by atoms with Gasteiger partial charge in [-0.25, -0.2) is 0 Å². The van der Waals surface area contributed by atoms with Crippen molar-refractivity contribution in [2.24, 2.45) is 0 Å². The van der Waals surface area contributed by atoms with E-state index in [-0.39, 0.29) is 17.2 Å². The summed E-state index contributed by atoms with van der Waals surface area (Å²) >= 11 is 7.43. The number of hydrogen-bond donors (Lipinski definition) is 2. The highest BCUT2D eigenvalue weighted by atomic mass is 79.9. The molecule has 0 amide bonds. The van der Waals surface area contributed by atoms with Crippen LogP contribution < -0.4 is 0 Å². The molecule has 0 bridgehead atoms. The molecule has 14 heavy (non-hydrogen) atoms. The van der Waals surface area contributed by atoms with Crippen molar-refractivity contribution in [2.45, 2.75) is 23.3 Å². The van der Waals surface area contributed by atoms with Crippen molar-refractivity contribution in [3.8, 4) is 0 Å². The number of Topliss-reactive ketones (excluding diaryl/α,β-unsaturated/α-hetero) is 1. The average molecular weight is 275 g/mol. The summed E-state index contributed by atoms with van der Waals surface area (Å²) in [5.74, 6) is -0.0229. The second kappa shape index (κ2) is 4.96. The summed E-state index contributed by atoms with van der Waals surface area (Å²) in [5.41, 5.74) is 1.22. The fourth-order valence-corrected chi connectivity index (χ4v) is 1.71. The second-order valence-corrected chi connectivity index (χ2v) is 4.77. The minimum absolute atomic E-state index is 0.0229.